The Hall–Kier alpha value is -2.07. The highest BCUT2D eigenvalue weighted by Gasteiger charge is 2.39. The van der Waals surface area contributed by atoms with E-state index in [2.05, 4.69) is 62.4 Å². The molecular formula is C19H19N. The molecule has 1 aliphatic rings. The van der Waals surface area contributed by atoms with Crippen LogP contribution < -0.4 is 0 Å². The lowest BCUT2D eigenvalue weighted by molar-refractivity contribution is 0.539. The molecule has 100 valence electrons. The molecule has 2 aromatic rings. The summed E-state index contributed by atoms with van der Waals surface area (Å²) in [5.41, 5.74) is 6.11. The molecule has 0 saturated carbocycles. The van der Waals surface area contributed by atoms with Crippen molar-refractivity contribution in [2.24, 2.45) is 0 Å². The molecular weight excluding hydrogens is 242 g/mol. The van der Waals surface area contributed by atoms with Gasteiger partial charge < -0.3 is 0 Å². The maximum atomic E-state index is 9.83. The first kappa shape index (κ1) is 12.9. The number of hydrogen-bond acceptors (Lipinski definition) is 1. The molecule has 0 heterocycles. The van der Waals surface area contributed by atoms with Crippen molar-refractivity contribution in [3.05, 3.63) is 70.3 Å². The number of benzene rings is 2. The minimum Gasteiger partial charge on any atom is -0.197 e. The van der Waals surface area contributed by atoms with E-state index in [-0.39, 0.29) is 5.41 Å². The summed E-state index contributed by atoms with van der Waals surface area (Å²) in [7, 11) is 0. The van der Waals surface area contributed by atoms with Crippen LogP contribution in [0.15, 0.2) is 42.5 Å². The van der Waals surface area contributed by atoms with E-state index in [1.54, 1.807) is 0 Å². The fraction of sp³-hybridized carbons (Fsp3) is 0.316. The van der Waals surface area contributed by atoms with E-state index in [1.807, 2.05) is 0 Å². The molecule has 1 aliphatic carbocycles. The smallest absolute Gasteiger partial charge is 0.0868 e. The van der Waals surface area contributed by atoms with Gasteiger partial charge in [0.2, 0.25) is 0 Å². The van der Waals surface area contributed by atoms with Gasteiger partial charge in [0, 0.05) is 0 Å². The highest BCUT2D eigenvalue weighted by Crippen LogP contribution is 2.41. The number of nitrogens with zero attached hydrogens (tertiary/aromatic N) is 1. The van der Waals surface area contributed by atoms with Crippen molar-refractivity contribution in [2.75, 3.05) is 0 Å². The lowest BCUT2D eigenvalue weighted by Crippen LogP contribution is -2.24. The van der Waals surface area contributed by atoms with Crippen molar-refractivity contribution in [3.8, 4) is 6.07 Å². The summed E-state index contributed by atoms with van der Waals surface area (Å²) in [6, 6.07) is 17.6. The zero-order valence-corrected chi connectivity index (χ0v) is 12.1. The number of hydrogen-bond donors (Lipinski definition) is 0. The molecule has 2 aromatic carbocycles. The largest absolute Gasteiger partial charge is 0.197 e. The summed E-state index contributed by atoms with van der Waals surface area (Å²) >= 11 is 0. The van der Waals surface area contributed by atoms with Crippen LogP contribution in [0, 0.1) is 25.2 Å². The zero-order chi connectivity index (χ0) is 14.2. The van der Waals surface area contributed by atoms with E-state index in [0.29, 0.717) is 0 Å². The normalized spacial score (nSPS) is 20.4. The molecule has 0 aliphatic heterocycles. The molecule has 0 radical (unpaired) electrons. The molecule has 1 unspecified atom stereocenters. The predicted octanol–water partition coefficient (Wildman–Crippen LogP) is 4.25. The van der Waals surface area contributed by atoms with Crippen molar-refractivity contribution in [2.45, 2.75) is 38.5 Å². The van der Waals surface area contributed by atoms with Gasteiger partial charge in [-0.1, -0.05) is 48.0 Å². The Labute approximate surface area is 120 Å². The van der Waals surface area contributed by atoms with Crippen LogP contribution in [-0.4, -0.2) is 0 Å². The standard InChI is InChI=1S/C19H19N/c1-14-7-8-15(2)17(11-14)12-19(13-20)10-9-16-5-3-4-6-18(16)19/h3-8,11H,9-10,12H2,1-2H3. The molecule has 0 spiro atoms. The maximum Gasteiger partial charge on any atom is 0.0868 e. The first-order valence-corrected chi connectivity index (χ1v) is 7.20. The molecule has 0 amide bonds. The van der Waals surface area contributed by atoms with Gasteiger partial charge in [-0.25, -0.2) is 0 Å². The molecule has 0 aromatic heterocycles. The lowest BCUT2D eigenvalue weighted by Gasteiger charge is -2.23. The van der Waals surface area contributed by atoms with Crippen molar-refractivity contribution in [1.82, 2.24) is 0 Å². The molecule has 1 heteroatoms. The highest BCUT2D eigenvalue weighted by atomic mass is 14.4. The summed E-state index contributed by atoms with van der Waals surface area (Å²) < 4.78 is 0. The molecule has 0 saturated heterocycles. The first-order chi connectivity index (χ1) is 9.64. The van der Waals surface area contributed by atoms with Crippen molar-refractivity contribution < 1.29 is 0 Å². The van der Waals surface area contributed by atoms with E-state index >= 15 is 0 Å². The summed E-state index contributed by atoms with van der Waals surface area (Å²) in [6.07, 6.45) is 2.79. The van der Waals surface area contributed by atoms with Gasteiger partial charge in [0.1, 0.15) is 0 Å². The van der Waals surface area contributed by atoms with Crippen LogP contribution in [-0.2, 0) is 18.3 Å². The van der Waals surface area contributed by atoms with Crippen molar-refractivity contribution >= 4 is 0 Å². The number of rotatable bonds is 2. The van der Waals surface area contributed by atoms with Gasteiger partial charge in [-0.15, -0.1) is 0 Å². The zero-order valence-electron chi connectivity index (χ0n) is 12.1. The Morgan fingerprint density at radius 1 is 1.15 bits per heavy atom. The quantitative estimate of drug-likeness (QED) is 0.792. The molecule has 0 fully saturated rings. The third-order valence-electron chi connectivity index (χ3n) is 4.56. The Bertz CT molecular complexity index is 693. The van der Waals surface area contributed by atoms with Crippen LogP contribution >= 0.6 is 0 Å². The summed E-state index contributed by atoms with van der Waals surface area (Å²) in [6.45, 7) is 4.26. The van der Waals surface area contributed by atoms with Gasteiger partial charge in [0.25, 0.3) is 0 Å². The van der Waals surface area contributed by atoms with Crippen LogP contribution in [0.3, 0.4) is 0 Å². The second-order valence-corrected chi connectivity index (χ2v) is 5.96. The number of aryl methyl sites for hydroxylation is 3. The van der Waals surface area contributed by atoms with Gasteiger partial charge >= 0.3 is 0 Å². The summed E-state index contributed by atoms with van der Waals surface area (Å²) in [4.78, 5) is 0. The Morgan fingerprint density at radius 2 is 1.95 bits per heavy atom. The number of fused-ring (bicyclic) bond motifs is 1. The van der Waals surface area contributed by atoms with Gasteiger partial charge in [0.15, 0.2) is 0 Å². The number of nitriles is 1. The Morgan fingerprint density at radius 3 is 2.75 bits per heavy atom. The van der Waals surface area contributed by atoms with Gasteiger partial charge in [-0.3, -0.25) is 0 Å². The predicted molar refractivity (Wildman–Crippen MR) is 81.7 cm³/mol. The third kappa shape index (κ3) is 2.02. The van der Waals surface area contributed by atoms with Crippen LogP contribution in [0.25, 0.3) is 0 Å². The first-order valence-electron chi connectivity index (χ1n) is 7.20. The van der Waals surface area contributed by atoms with Crippen LogP contribution in [0.5, 0.6) is 0 Å². The molecule has 1 atom stereocenters. The topological polar surface area (TPSA) is 23.8 Å². The van der Waals surface area contributed by atoms with Crippen molar-refractivity contribution in [1.29, 1.82) is 5.26 Å². The van der Waals surface area contributed by atoms with Gasteiger partial charge in [-0.05, 0) is 55.4 Å². The third-order valence-corrected chi connectivity index (χ3v) is 4.56. The van der Waals surface area contributed by atoms with E-state index in [4.69, 9.17) is 0 Å². The second kappa shape index (κ2) is 4.80. The highest BCUT2D eigenvalue weighted by molar-refractivity contribution is 5.47. The summed E-state index contributed by atoms with van der Waals surface area (Å²) in [5.74, 6) is 0. The van der Waals surface area contributed by atoms with E-state index in [9.17, 15) is 5.26 Å². The van der Waals surface area contributed by atoms with E-state index in [1.165, 1.54) is 27.8 Å². The minimum atomic E-state index is -0.338. The van der Waals surface area contributed by atoms with E-state index < -0.39 is 0 Å². The van der Waals surface area contributed by atoms with Crippen LogP contribution in [0.4, 0.5) is 0 Å². The Balaban J connectivity index is 2.05. The monoisotopic (exact) mass is 261 g/mol. The molecule has 1 nitrogen and oxygen atoms in total. The lowest BCUT2D eigenvalue weighted by atomic mass is 9.77. The summed E-state index contributed by atoms with van der Waals surface area (Å²) in [5, 5.41) is 9.83. The average molecular weight is 261 g/mol. The van der Waals surface area contributed by atoms with Crippen LogP contribution in [0.2, 0.25) is 0 Å². The van der Waals surface area contributed by atoms with Gasteiger partial charge in [-0.2, -0.15) is 5.26 Å². The molecule has 0 bridgehead atoms. The van der Waals surface area contributed by atoms with Crippen molar-refractivity contribution in [3.63, 3.8) is 0 Å². The Kier molecular flexibility index (Phi) is 3.10. The van der Waals surface area contributed by atoms with Crippen LogP contribution in [0.1, 0.15) is 34.2 Å². The molecule has 0 N–H and O–H groups in total. The fourth-order valence-electron chi connectivity index (χ4n) is 3.34. The maximum absolute atomic E-state index is 9.83. The molecule has 20 heavy (non-hydrogen) atoms. The average Bonchev–Trinajstić information content (AvgIpc) is 2.83. The molecule has 3 rings (SSSR count). The van der Waals surface area contributed by atoms with Gasteiger partial charge in [0.05, 0.1) is 11.5 Å². The van der Waals surface area contributed by atoms with E-state index in [0.717, 1.165) is 19.3 Å². The minimum absolute atomic E-state index is 0.338. The second-order valence-electron chi connectivity index (χ2n) is 5.96. The fourth-order valence-corrected chi connectivity index (χ4v) is 3.34. The SMILES string of the molecule is Cc1ccc(C)c(CC2(C#N)CCc3ccccc32)c1.